The Bertz CT molecular complexity index is 1870. The Kier molecular flexibility index (Phi) is 8.61. The highest BCUT2D eigenvalue weighted by Crippen LogP contribution is 2.45. The number of aryl methyl sites for hydroxylation is 2. The predicted octanol–water partition coefficient (Wildman–Crippen LogP) is 5.33. The van der Waals surface area contributed by atoms with E-state index in [2.05, 4.69) is 39.5 Å². The maximum atomic E-state index is 13.2. The van der Waals surface area contributed by atoms with Crippen molar-refractivity contribution in [1.82, 2.24) is 25.1 Å². The number of nitrogens with one attached hydrogen (secondary N) is 2. The zero-order valence-corrected chi connectivity index (χ0v) is 28.3. The molecule has 2 aliphatic rings. The van der Waals surface area contributed by atoms with E-state index in [1.807, 2.05) is 18.7 Å². The van der Waals surface area contributed by atoms with E-state index in [4.69, 9.17) is 14.7 Å². The van der Waals surface area contributed by atoms with E-state index in [0.29, 0.717) is 34.4 Å². The van der Waals surface area contributed by atoms with E-state index in [-0.39, 0.29) is 11.1 Å². The molecule has 0 bridgehead atoms. The minimum absolute atomic E-state index is 0.215. The number of likely N-dealkylation sites (tertiary alicyclic amines) is 1. The Morgan fingerprint density at radius 3 is 2.58 bits per heavy atom. The van der Waals surface area contributed by atoms with Crippen LogP contribution in [-0.4, -0.2) is 80.8 Å². The van der Waals surface area contributed by atoms with Crippen LogP contribution in [0.4, 0.5) is 23.1 Å². The zero-order valence-electron chi connectivity index (χ0n) is 26.6. The van der Waals surface area contributed by atoms with Gasteiger partial charge in [-0.15, -0.1) is 0 Å². The molecule has 2 N–H and O–H groups in total. The molecule has 2 aromatic carbocycles. The van der Waals surface area contributed by atoms with Gasteiger partial charge in [-0.3, -0.25) is 14.2 Å². The number of aromatic nitrogens is 4. The first kappa shape index (κ1) is 31.4. The number of hydrogen-bond donors (Lipinski definition) is 2. The lowest BCUT2D eigenvalue weighted by Crippen LogP contribution is -2.35. The fraction of sp³-hybridized carbons (Fsp3) is 0.469. The summed E-state index contributed by atoms with van der Waals surface area (Å²) in [6.45, 7) is 12.2. The lowest BCUT2D eigenvalue weighted by molar-refractivity contribution is 0.223. The molecule has 13 heteroatoms. The quantitative estimate of drug-likeness (QED) is 0.245. The highest BCUT2D eigenvalue weighted by Gasteiger charge is 2.34. The van der Waals surface area contributed by atoms with Gasteiger partial charge in [0.1, 0.15) is 11.6 Å². The summed E-state index contributed by atoms with van der Waals surface area (Å²) >= 11 is 0. The van der Waals surface area contributed by atoms with Gasteiger partial charge in [0.2, 0.25) is 5.95 Å². The number of para-hydroxylation sites is 1. The molecule has 2 atom stereocenters. The zero-order chi connectivity index (χ0) is 32.0. The molecular weight excluding hydrogens is 611 g/mol. The number of fused-ring (bicyclic) bond motifs is 2. The molecule has 2 aromatic heterocycles. The summed E-state index contributed by atoms with van der Waals surface area (Å²) in [5.41, 5.74) is 5.05. The third kappa shape index (κ3) is 6.05. The lowest BCUT2D eigenvalue weighted by atomic mass is 9.86. The average molecular weight is 652 g/mol. The molecule has 0 amide bonds. The normalized spacial score (nSPS) is 18.4. The van der Waals surface area contributed by atoms with Crippen molar-refractivity contribution in [3.8, 4) is 5.75 Å². The Balaban J connectivity index is 1.33. The summed E-state index contributed by atoms with van der Waals surface area (Å²) in [6.07, 6.45) is 3.50. The molecule has 11 nitrogen and oxygen atoms in total. The van der Waals surface area contributed by atoms with Gasteiger partial charge in [0.05, 0.1) is 26.9 Å². The Morgan fingerprint density at radius 2 is 1.87 bits per heavy atom. The van der Waals surface area contributed by atoms with Crippen LogP contribution >= 0.6 is 0 Å². The molecule has 45 heavy (non-hydrogen) atoms. The first-order valence-electron chi connectivity index (χ1n) is 15.4. The topological polar surface area (TPSA) is 133 Å². The lowest BCUT2D eigenvalue weighted by Gasteiger charge is -2.32. The molecule has 2 unspecified atom stereocenters. The maximum Gasteiger partial charge on any atom is 0.237 e. The number of ether oxygens (including phenoxy) is 1. The molecule has 1 fully saturated rings. The molecule has 6 rings (SSSR count). The number of sulfone groups is 1. The predicted molar refractivity (Wildman–Crippen MR) is 179 cm³/mol. The van der Waals surface area contributed by atoms with Crippen molar-refractivity contribution < 1.29 is 17.4 Å². The van der Waals surface area contributed by atoms with Crippen LogP contribution in [-0.2, 0) is 20.6 Å². The van der Waals surface area contributed by atoms with Crippen LogP contribution in [0.5, 0.6) is 5.75 Å². The highest BCUT2D eigenvalue weighted by molar-refractivity contribution is 7.92. The summed E-state index contributed by atoms with van der Waals surface area (Å²) in [7, 11) is -4.33. The Morgan fingerprint density at radius 1 is 1.13 bits per heavy atom. The van der Waals surface area contributed by atoms with Crippen LogP contribution in [0.2, 0.25) is 0 Å². The second kappa shape index (κ2) is 12.3. The van der Waals surface area contributed by atoms with E-state index in [1.165, 1.54) is 11.1 Å². The number of benzene rings is 2. The Hall–Kier alpha value is -3.55. The molecule has 240 valence electrons. The van der Waals surface area contributed by atoms with E-state index >= 15 is 0 Å². The van der Waals surface area contributed by atoms with Crippen molar-refractivity contribution in [3.63, 3.8) is 0 Å². The summed E-state index contributed by atoms with van der Waals surface area (Å²) in [5.74, 6) is 2.80. The molecule has 0 saturated carbocycles. The number of H-pyrrole nitrogens is 1. The van der Waals surface area contributed by atoms with Gasteiger partial charge in [0, 0.05) is 35.0 Å². The minimum atomic E-state index is -3.55. The van der Waals surface area contributed by atoms with E-state index < -0.39 is 25.9 Å². The van der Waals surface area contributed by atoms with Crippen molar-refractivity contribution >= 4 is 54.8 Å². The standard InChI is InChI=1S/C32H41N7O4S2/c1-19(2)45(41,42)28-10-8-7-9-25(28)33-30-29-21(4)36-37-31(29)35-32(34-30)39-22(5)43-27-18-24(20(3)17-26(27)39)23-11-13-38(14-12-23)15-16-44(6)40/h7-10,17-19,22-23H,11-16H2,1-6H3,(H2,33,34,35,36,37). The SMILES string of the molecule is Cc1cc2c(cc1C1CCN(CCS(C)=O)CC1)OC(C)N2c1nc(Nc2ccccc2S(=O)(=O)C(C)C)c2c(C)[nH]nc2n1. The fourth-order valence-corrected chi connectivity index (χ4v) is 8.01. The van der Waals surface area contributed by atoms with E-state index in [9.17, 15) is 12.6 Å². The van der Waals surface area contributed by atoms with Crippen LogP contribution in [0.15, 0.2) is 41.3 Å². The third-order valence-corrected chi connectivity index (χ3v) is 11.8. The van der Waals surface area contributed by atoms with Gasteiger partial charge in [-0.25, -0.2) is 8.42 Å². The van der Waals surface area contributed by atoms with Gasteiger partial charge >= 0.3 is 0 Å². The molecule has 4 heterocycles. The second-order valence-corrected chi connectivity index (χ2v) is 16.3. The monoisotopic (exact) mass is 651 g/mol. The number of aromatic amines is 1. The van der Waals surface area contributed by atoms with Crippen molar-refractivity contribution in [2.75, 3.05) is 41.9 Å². The van der Waals surface area contributed by atoms with Gasteiger partial charge < -0.3 is 15.0 Å². The Labute approximate surface area is 267 Å². The number of anilines is 4. The van der Waals surface area contributed by atoms with Gasteiger partial charge in [-0.2, -0.15) is 15.1 Å². The summed E-state index contributed by atoms with van der Waals surface area (Å²) in [4.78, 5) is 14.4. The van der Waals surface area contributed by atoms with Gasteiger partial charge in [0.15, 0.2) is 21.7 Å². The van der Waals surface area contributed by atoms with Crippen LogP contribution in [0, 0.1) is 13.8 Å². The molecule has 2 aliphatic heterocycles. The molecule has 0 spiro atoms. The second-order valence-electron chi connectivity index (χ2n) is 12.3. The van der Waals surface area contributed by atoms with Gasteiger partial charge in [-0.1, -0.05) is 12.1 Å². The van der Waals surface area contributed by atoms with Crippen molar-refractivity contribution in [2.45, 2.75) is 69.8 Å². The fourth-order valence-electron chi connectivity index (χ4n) is 6.29. The average Bonchev–Trinajstić information content (AvgIpc) is 3.54. The van der Waals surface area contributed by atoms with Crippen LogP contribution in [0.25, 0.3) is 11.0 Å². The number of hydrogen-bond acceptors (Lipinski definition) is 10. The van der Waals surface area contributed by atoms with Gasteiger partial charge in [0.25, 0.3) is 0 Å². The number of nitrogens with zero attached hydrogens (tertiary/aromatic N) is 5. The number of piperidine rings is 1. The van der Waals surface area contributed by atoms with E-state index in [1.54, 1.807) is 44.4 Å². The first-order valence-corrected chi connectivity index (χ1v) is 18.7. The third-order valence-electron chi connectivity index (χ3n) is 8.86. The number of rotatable bonds is 9. The van der Waals surface area contributed by atoms with Crippen LogP contribution in [0.3, 0.4) is 0 Å². The minimum Gasteiger partial charge on any atom is -0.468 e. The van der Waals surface area contributed by atoms with Crippen LogP contribution < -0.4 is 15.0 Å². The highest BCUT2D eigenvalue weighted by atomic mass is 32.2. The smallest absolute Gasteiger partial charge is 0.237 e. The van der Waals surface area contributed by atoms with Crippen LogP contribution in [0.1, 0.15) is 56.4 Å². The molecule has 0 aliphatic carbocycles. The molecule has 1 saturated heterocycles. The maximum absolute atomic E-state index is 13.2. The summed E-state index contributed by atoms with van der Waals surface area (Å²) in [5, 5.41) is 10.9. The molecular formula is C32H41N7O4S2. The largest absolute Gasteiger partial charge is 0.468 e. The molecule has 0 radical (unpaired) electrons. The van der Waals surface area contributed by atoms with E-state index in [0.717, 1.165) is 55.4 Å². The molecule has 4 aromatic rings. The van der Waals surface area contributed by atoms with Gasteiger partial charge in [-0.05, 0) is 102 Å². The van der Waals surface area contributed by atoms with Crippen molar-refractivity contribution in [3.05, 3.63) is 53.2 Å². The summed E-state index contributed by atoms with van der Waals surface area (Å²) < 4.78 is 44.3. The summed E-state index contributed by atoms with van der Waals surface area (Å²) in [6, 6.07) is 11.2. The van der Waals surface area contributed by atoms with Crippen molar-refractivity contribution in [1.29, 1.82) is 0 Å². The van der Waals surface area contributed by atoms with Crippen molar-refractivity contribution in [2.24, 2.45) is 0 Å². The first-order chi connectivity index (χ1) is 21.4.